The second-order valence-electron chi connectivity index (χ2n) is 5.76. The van der Waals surface area contributed by atoms with Crippen molar-refractivity contribution in [3.8, 4) is 0 Å². The van der Waals surface area contributed by atoms with Crippen LogP contribution in [0.3, 0.4) is 0 Å². The average molecular weight is 269 g/mol. The fourth-order valence-corrected chi connectivity index (χ4v) is 2.41. The molecule has 1 atom stereocenters. The van der Waals surface area contributed by atoms with E-state index >= 15 is 0 Å². The van der Waals surface area contributed by atoms with Crippen LogP contribution < -0.4 is 11.1 Å². The van der Waals surface area contributed by atoms with Gasteiger partial charge in [-0.1, -0.05) is 13.8 Å². The Labute approximate surface area is 113 Å². The molecule has 0 aliphatic rings. The molecule has 0 radical (unpaired) electrons. The van der Waals surface area contributed by atoms with E-state index in [0.717, 1.165) is 12.2 Å². The SMILES string of the molecule is CC(C)CNC(C)(c1cscn1)C(C)(C)C(N)=O. The smallest absolute Gasteiger partial charge is 0.225 e. The lowest BCUT2D eigenvalue weighted by Crippen LogP contribution is -2.57. The summed E-state index contributed by atoms with van der Waals surface area (Å²) in [5.74, 6) is 0.167. The van der Waals surface area contributed by atoms with E-state index in [1.807, 2.05) is 26.2 Å². The quantitative estimate of drug-likeness (QED) is 0.831. The Hall–Kier alpha value is -0.940. The lowest BCUT2D eigenvalue weighted by atomic mass is 9.70. The minimum atomic E-state index is -0.712. The molecule has 5 heteroatoms. The summed E-state index contributed by atoms with van der Waals surface area (Å²) >= 11 is 1.53. The first-order valence-electron chi connectivity index (χ1n) is 6.15. The van der Waals surface area contributed by atoms with E-state index in [0.29, 0.717) is 5.92 Å². The minimum absolute atomic E-state index is 0.325. The van der Waals surface area contributed by atoms with Crippen molar-refractivity contribution in [1.82, 2.24) is 10.3 Å². The molecule has 18 heavy (non-hydrogen) atoms. The van der Waals surface area contributed by atoms with Crippen LogP contribution in [0.5, 0.6) is 0 Å². The third kappa shape index (κ3) is 2.72. The van der Waals surface area contributed by atoms with Crippen molar-refractivity contribution in [3.63, 3.8) is 0 Å². The summed E-state index contributed by atoms with van der Waals surface area (Å²) in [6, 6.07) is 0. The Kier molecular flexibility index (Phi) is 4.50. The highest BCUT2D eigenvalue weighted by Gasteiger charge is 2.47. The number of amides is 1. The number of hydrogen-bond donors (Lipinski definition) is 2. The van der Waals surface area contributed by atoms with E-state index in [1.54, 1.807) is 5.51 Å². The zero-order valence-electron chi connectivity index (χ0n) is 11.8. The second-order valence-corrected chi connectivity index (χ2v) is 6.48. The molecule has 1 rings (SSSR count). The lowest BCUT2D eigenvalue weighted by molar-refractivity contribution is -0.130. The summed E-state index contributed by atoms with van der Waals surface area (Å²) in [6.07, 6.45) is 0. The van der Waals surface area contributed by atoms with Crippen LogP contribution in [0, 0.1) is 11.3 Å². The summed E-state index contributed by atoms with van der Waals surface area (Å²) in [5, 5.41) is 5.43. The van der Waals surface area contributed by atoms with Gasteiger partial charge in [0, 0.05) is 5.38 Å². The number of aromatic nitrogens is 1. The van der Waals surface area contributed by atoms with Crippen molar-refractivity contribution in [2.24, 2.45) is 17.1 Å². The molecule has 0 fully saturated rings. The molecule has 0 bridgehead atoms. The summed E-state index contributed by atoms with van der Waals surface area (Å²) in [7, 11) is 0. The molecule has 1 unspecified atom stereocenters. The molecule has 102 valence electrons. The number of carbonyl (C=O) groups is 1. The highest BCUT2D eigenvalue weighted by Crippen LogP contribution is 2.39. The molecule has 1 aromatic heterocycles. The monoisotopic (exact) mass is 269 g/mol. The first-order valence-corrected chi connectivity index (χ1v) is 7.09. The number of nitrogens with one attached hydrogen (secondary N) is 1. The molecule has 3 N–H and O–H groups in total. The number of nitrogens with zero attached hydrogens (tertiary/aromatic N) is 1. The standard InChI is InChI=1S/C13H23N3OS/c1-9(2)6-16-13(5,10-7-18-8-15-10)12(3,4)11(14)17/h7-9,16H,6H2,1-5H3,(H2,14,17). The van der Waals surface area contributed by atoms with Crippen LogP contribution >= 0.6 is 11.3 Å². The Bertz CT molecular complexity index is 400. The zero-order valence-corrected chi connectivity index (χ0v) is 12.6. The predicted molar refractivity (Wildman–Crippen MR) is 75.3 cm³/mol. The first kappa shape index (κ1) is 15.1. The Morgan fingerprint density at radius 2 is 2.11 bits per heavy atom. The Morgan fingerprint density at radius 1 is 1.50 bits per heavy atom. The number of rotatable bonds is 6. The highest BCUT2D eigenvalue weighted by atomic mass is 32.1. The van der Waals surface area contributed by atoms with Crippen LogP contribution in [0.15, 0.2) is 10.9 Å². The van der Waals surface area contributed by atoms with Crippen molar-refractivity contribution in [2.45, 2.75) is 40.2 Å². The van der Waals surface area contributed by atoms with Crippen LogP contribution in [0.25, 0.3) is 0 Å². The number of primary amides is 1. The van der Waals surface area contributed by atoms with E-state index in [-0.39, 0.29) is 5.91 Å². The third-order valence-corrected chi connectivity index (χ3v) is 4.26. The Balaban J connectivity index is 3.13. The fraction of sp³-hybridized carbons (Fsp3) is 0.692. The van der Waals surface area contributed by atoms with Crippen LogP contribution in [-0.2, 0) is 10.3 Å². The van der Waals surface area contributed by atoms with Crippen molar-refractivity contribution >= 4 is 17.2 Å². The van der Waals surface area contributed by atoms with Crippen LogP contribution in [0.2, 0.25) is 0 Å². The van der Waals surface area contributed by atoms with Crippen LogP contribution in [-0.4, -0.2) is 17.4 Å². The fourth-order valence-electron chi connectivity index (χ4n) is 1.75. The van der Waals surface area contributed by atoms with Gasteiger partial charge in [-0.25, -0.2) is 4.98 Å². The summed E-state index contributed by atoms with van der Waals surface area (Å²) in [5.41, 5.74) is 6.95. The van der Waals surface area contributed by atoms with Gasteiger partial charge in [-0.15, -0.1) is 11.3 Å². The molecule has 1 aromatic rings. The summed E-state index contributed by atoms with van der Waals surface area (Å²) in [4.78, 5) is 16.1. The maximum absolute atomic E-state index is 11.8. The van der Waals surface area contributed by atoms with Gasteiger partial charge in [0.2, 0.25) is 5.91 Å². The highest BCUT2D eigenvalue weighted by molar-refractivity contribution is 7.07. The van der Waals surface area contributed by atoms with E-state index in [1.165, 1.54) is 11.3 Å². The molecule has 1 amide bonds. The normalized spacial score (nSPS) is 15.7. The molecule has 0 saturated heterocycles. The molecule has 0 saturated carbocycles. The molecule has 0 aliphatic carbocycles. The van der Waals surface area contributed by atoms with E-state index in [2.05, 4.69) is 24.1 Å². The molecule has 0 aliphatic heterocycles. The van der Waals surface area contributed by atoms with Crippen molar-refractivity contribution in [2.75, 3.05) is 6.54 Å². The number of thiazole rings is 1. The maximum atomic E-state index is 11.8. The van der Waals surface area contributed by atoms with Crippen LogP contribution in [0.1, 0.15) is 40.3 Å². The Morgan fingerprint density at radius 3 is 2.50 bits per heavy atom. The predicted octanol–water partition coefficient (Wildman–Crippen LogP) is 2.12. The lowest BCUT2D eigenvalue weighted by Gasteiger charge is -2.42. The first-order chi connectivity index (χ1) is 8.22. The van der Waals surface area contributed by atoms with Gasteiger partial charge >= 0.3 is 0 Å². The minimum Gasteiger partial charge on any atom is -0.369 e. The summed E-state index contributed by atoms with van der Waals surface area (Å²) in [6.45, 7) is 10.8. The van der Waals surface area contributed by atoms with Gasteiger partial charge < -0.3 is 11.1 Å². The summed E-state index contributed by atoms with van der Waals surface area (Å²) < 4.78 is 0. The van der Waals surface area contributed by atoms with Crippen molar-refractivity contribution < 1.29 is 4.79 Å². The third-order valence-electron chi connectivity index (χ3n) is 3.67. The van der Waals surface area contributed by atoms with E-state index in [4.69, 9.17) is 5.73 Å². The van der Waals surface area contributed by atoms with Crippen molar-refractivity contribution in [3.05, 3.63) is 16.6 Å². The topological polar surface area (TPSA) is 68.0 Å². The van der Waals surface area contributed by atoms with Crippen molar-refractivity contribution in [1.29, 1.82) is 0 Å². The van der Waals surface area contributed by atoms with Gasteiger partial charge in [0.15, 0.2) is 0 Å². The molecule has 0 spiro atoms. The van der Waals surface area contributed by atoms with Gasteiger partial charge in [-0.2, -0.15) is 0 Å². The number of hydrogen-bond acceptors (Lipinski definition) is 4. The molecular formula is C13H23N3OS. The van der Waals surface area contributed by atoms with Gasteiger partial charge in [0.1, 0.15) is 0 Å². The van der Waals surface area contributed by atoms with Gasteiger partial charge in [0.05, 0.1) is 22.2 Å². The average Bonchev–Trinajstić information content (AvgIpc) is 2.78. The van der Waals surface area contributed by atoms with Crippen LogP contribution in [0.4, 0.5) is 0 Å². The molecule has 1 heterocycles. The van der Waals surface area contributed by atoms with Gasteiger partial charge in [-0.3, -0.25) is 4.79 Å². The molecular weight excluding hydrogens is 246 g/mol. The number of nitrogens with two attached hydrogens (primary N) is 1. The van der Waals surface area contributed by atoms with Gasteiger partial charge in [-0.05, 0) is 33.2 Å². The van der Waals surface area contributed by atoms with E-state index < -0.39 is 11.0 Å². The second kappa shape index (κ2) is 5.36. The van der Waals surface area contributed by atoms with Gasteiger partial charge in [0.25, 0.3) is 0 Å². The maximum Gasteiger partial charge on any atom is 0.225 e. The largest absolute Gasteiger partial charge is 0.369 e. The number of carbonyl (C=O) groups excluding carboxylic acids is 1. The molecule has 0 aromatic carbocycles. The zero-order chi connectivity index (χ0) is 14.0. The van der Waals surface area contributed by atoms with E-state index in [9.17, 15) is 4.79 Å². The molecule has 4 nitrogen and oxygen atoms in total.